The van der Waals surface area contributed by atoms with Crippen molar-refractivity contribution in [2.45, 2.75) is 6.42 Å². The molecule has 0 amide bonds. The van der Waals surface area contributed by atoms with E-state index in [0.717, 1.165) is 16.5 Å². The zero-order chi connectivity index (χ0) is 11.4. The van der Waals surface area contributed by atoms with Gasteiger partial charge in [-0.25, -0.2) is 0 Å². The summed E-state index contributed by atoms with van der Waals surface area (Å²) >= 11 is 3.50. The maximum absolute atomic E-state index is 8.96. The third-order valence-corrected chi connectivity index (χ3v) is 3.14. The predicted molar refractivity (Wildman–Crippen MR) is 65.9 cm³/mol. The minimum atomic E-state index is 0.637. The molecule has 0 saturated carbocycles. The van der Waals surface area contributed by atoms with Gasteiger partial charge < -0.3 is 0 Å². The first-order chi connectivity index (χ1) is 7.81. The molecular weight excluding hydrogens is 264 g/mol. The number of nitrogens with zero attached hydrogens (tertiary/aromatic N) is 2. The first-order valence-corrected chi connectivity index (χ1v) is 5.67. The quantitative estimate of drug-likeness (QED) is 0.841. The Hall–Kier alpha value is -1.66. The van der Waals surface area contributed by atoms with Crippen LogP contribution in [0.1, 0.15) is 16.7 Å². The van der Waals surface area contributed by atoms with E-state index in [1.807, 2.05) is 30.3 Å². The largest absolute Gasteiger partial charge is 0.263 e. The second kappa shape index (κ2) is 4.91. The number of aromatic nitrogens is 1. The van der Waals surface area contributed by atoms with Gasteiger partial charge in [0.25, 0.3) is 0 Å². The van der Waals surface area contributed by atoms with Gasteiger partial charge in [-0.2, -0.15) is 5.26 Å². The van der Waals surface area contributed by atoms with Crippen LogP contribution in [-0.4, -0.2) is 4.98 Å². The van der Waals surface area contributed by atoms with Crippen LogP contribution in [0.15, 0.2) is 47.2 Å². The summed E-state index contributed by atoms with van der Waals surface area (Å²) in [6.07, 6.45) is 4.06. The second-order valence-corrected chi connectivity index (χ2v) is 4.27. The summed E-state index contributed by atoms with van der Waals surface area (Å²) in [5.74, 6) is 0. The minimum Gasteiger partial charge on any atom is -0.263 e. The van der Waals surface area contributed by atoms with Crippen molar-refractivity contribution in [3.63, 3.8) is 0 Å². The molecule has 2 rings (SSSR count). The van der Waals surface area contributed by atoms with Gasteiger partial charge in [0, 0.05) is 16.9 Å². The average molecular weight is 273 g/mol. The highest BCUT2D eigenvalue weighted by atomic mass is 79.9. The summed E-state index contributed by atoms with van der Waals surface area (Å²) in [6, 6.07) is 12.1. The minimum absolute atomic E-state index is 0.637. The monoisotopic (exact) mass is 272 g/mol. The van der Waals surface area contributed by atoms with Gasteiger partial charge in [0.15, 0.2) is 0 Å². The van der Waals surface area contributed by atoms with E-state index >= 15 is 0 Å². The summed E-state index contributed by atoms with van der Waals surface area (Å²) in [7, 11) is 0. The number of benzene rings is 1. The average Bonchev–Trinajstić information content (AvgIpc) is 2.33. The molecule has 0 aliphatic heterocycles. The lowest BCUT2D eigenvalue weighted by Crippen LogP contribution is -1.94. The van der Waals surface area contributed by atoms with Crippen LogP contribution in [0.3, 0.4) is 0 Å². The smallest absolute Gasteiger partial charge is 0.101 e. The molecule has 2 nitrogen and oxygen atoms in total. The molecule has 3 heteroatoms. The lowest BCUT2D eigenvalue weighted by molar-refractivity contribution is 1.13. The van der Waals surface area contributed by atoms with E-state index in [1.165, 1.54) is 5.56 Å². The molecular formula is C13H9BrN2. The molecule has 16 heavy (non-hydrogen) atoms. The highest BCUT2D eigenvalue weighted by Crippen LogP contribution is 2.20. The van der Waals surface area contributed by atoms with E-state index in [9.17, 15) is 0 Å². The highest BCUT2D eigenvalue weighted by molar-refractivity contribution is 9.10. The Morgan fingerprint density at radius 3 is 2.75 bits per heavy atom. The number of rotatable bonds is 2. The lowest BCUT2D eigenvalue weighted by atomic mass is 10.0. The molecule has 0 aliphatic carbocycles. The molecule has 78 valence electrons. The normalized spacial score (nSPS) is 9.75. The maximum Gasteiger partial charge on any atom is 0.101 e. The molecule has 0 spiro atoms. The van der Waals surface area contributed by atoms with Crippen molar-refractivity contribution in [3.8, 4) is 6.07 Å². The Morgan fingerprint density at radius 1 is 1.19 bits per heavy atom. The van der Waals surface area contributed by atoms with Gasteiger partial charge in [-0.1, -0.05) is 34.1 Å². The molecule has 0 aliphatic rings. The molecule has 0 radical (unpaired) electrons. The zero-order valence-corrected chi connectivity index (χ0v) is 10.1. The molecule has 2 aromatic rings. The molecule has 0 atom stereocenters. The van der Waals surface area contributed by atoms with Crippen LogP contribution in [0, 0.1) is 11.3 Å². The van der Waals surface area contributed by atoms with E-state index in [1.54, 1.807) is 12.4 Å². The van der Waals surface area contributed by atoms with Crippen molar-refractivity contribution >= 4 is 15.9 Å². The third kappa shape index (κ3) is 2.29. The molecule has 1 aromatic carbocycles. The van der Waals surface area contributed by atoms with Crippen LogP contribution in [0.4, 0.5) is 0 Å². The Morgan fingerprint density at radius 2 is 2.00 bits per heavy atom. The molecule has 1 aromatic heterocycles. The van der Waals surface area contributed by atoms with Crippen molar-refractivity contribution in [3.05, 3.63) is 63.9 Å². The molecule has 1 heterocycles. The Labute approximate surface area is 103 Å². The van der Waals surface area contributed by atoms with E-state index < -0.39 is 0 Å². The highest BCUT2D eigenvalue weighted by Gasteiger charge is 2.04. The van der Waals surface area contributed by atoms with Gasteiger partial charge in [-0.15, -0.1) is 0 Å². The second-order valence-electron chi connectivity index (χ2n) is 3.41. The van der Waals surface area contributed by atoms with Crippen molar-refractivity contribution in [2.75, 3.05) is 0 Å². The first-order valence-electron chi connectivity index (χ1n) is 4.87. The first kappa shape index (κ1) is 10.8. The van der Waals surface area contributed by atoms with Gasteiger partial charge in [0.1, 0.15) is 6.07 Å². The van der Waals surface area contributed by atoms with Crippen LogP contribution in [-0.2, 0) is 6.42 Å². The fourth-order valence-electron chi connectivity index (χ4n) is 1.53. The van der Waals surface area contributed by atoms with Gasteiger partial charge in [0.2, 0.25) is 0 Å². The molecule has 0 fully saturated rings. The lowest BCUT2D eigenvalue weighted by Gasteiger charge is -2.05. The summed E-state index contributed by atoms with van der Waals surface area (Å²) in [5.41, 5.74) is 2.81. The summed E-state index contributed by atoms with van der Waals surface area (Å²) in [6.45, 7) is 0. The summed E-state index contributed by atoms with van der Waals surface area (Å²) < 4.78 is 1.07. The maximum atomic E-state index is 8.96. The number of halogens is 1. The van der Waals surface area contributed by atoms with Crippen LogP contribution in [0.2, 0.25) is 0 Å². The summed E-state index contributed by atoms with van der Waals surface area (Å²) in [5, 5.41) is 8.96. The molecule has 0 bridgehead atoms. The van der Waals surface area contributed by atoms with Crippen LogP contribution in [0.25, 0.3) is 0 Å². The SMILES string of the molecule is N#Cc1cnccc1Cc1ccccc1Br. The predicted octanol–water partition coefficient (Wildman–Crippen LogP) is 3.31. The van der Waals surface area contributed by atoms with Gasteiger partial charge in [-0.3, -0.25) is 4.98 Å². The molecule has 0 unspecified atom stereocenters. The van der Waals surface area contributed by atoms with Crippen molar-refractivity contribution in [1.82, 2.24) is 4.98 Å². The van der Waals surface area contributed by atoms with Gasteiger partial charge >= 0.3 is 0 Å². The van der Waals surface area contributed by atoms with E-state index in [0.29, 0.717) is 5.56 Å². The van der Waals surface area contributed by atoms with Gasteiger partial charge in [0.05, 0.1) is 5.56 Å². The topological polar surface area (TPSA) is 36.7 Å². The van der Waals surface area contributed by atoms with Gasteiger partial charge in [-0.05, 0) is 29.7 Å². The Bertz CT molecular complexity index is 544. The standard InChI is InChI=1S/C13H9BrN2/c14-13-4-2-1-3-11(13)7-10-5-6-16-9-12(10)8-15/h1-6,9H,7H2. The number of hydrogen-bond acceptors (Lipinski definition) is 2. The van der Waals surface area contributed by atoms with Crippen LogP contribution < -0.4 is 0 Å². The van der Waals surface area contributed by atoms with Crippen LogP contribution in [0.5, 0.6) is 0 Å². The van der Waals surface area contributed by atoms with Crippen molar-refractivity contribution < 1.29 is 0 Å². The summed E-state index contributed by atoms with van der Waals surface area (Å²) in [4.78, 5) is 3.95. The fourth-order valence-corrected chi connectivity index (χ4v) is 1.95. The number of hydrogen-bond donors (Lipinski definition) is 0. The molecule has 0 N–H and O–H groups in total. The zero-order valence-electron chi connectivity index (χ0n) is 8.52. The fraction of sp³-hybridized carbons (Fsp3) is 0.0769. The molecule has 0 saturated heterocycles. The van der Waals surface area contributed by atoms with Crippen LogP contribution >= 0.6 is 15.9 Å². The van der Waals surface area contributed by atoms with E-state index in [-0.39, 0.29) is 0 Å². The van der Waals surface area contributed by atoms with E-state index in [2.05, 4.69) is 27.0 Å². The Balaban J connectivity index is 2.35. The third-order valence-electron chi connectivity index (χ3n) is 2.37. The van der Waals surface area contributed by atoms with Crippen molar-refractivity contribution in [1.29, 1.82) is 5.26 Å². The van der Waals surface area contributed by atoms with Crippen molar-refractivity contribution in [2.24, 2.45) is 0 Å². The number of pyridine rings is 1. The number of nitriles is 1. The van der Waals surface area contributed by atoms with E-state index in [4.69, 9.17) is 5.26 Å². The Kier molecular flexibility index (Phi) is 3.33.